The van der Waals surface area contributed by atoms with E-state index >= 15 is 0 Å². The van der Waals surface area contributed by atoms with Crippen LogP contribution in [0.3, 0.4) is 0 Å². The molecule has 1 saturated carbocycles. The Hall–Kier alpha value is -1.16. The van der Waals surface area contributed by atoms with Crippen LogP contribution in [0, 0.1) is 19.8 Å². The van der Waals surface area contributed by atoms with Gasteiger partial charge in [-0.3, -0.25) is 0 Å². The van der Waals surface area contributed by atoms with Crippen molar-refractivity contribution in [3.05, 3.63) is 17.5 Å². The van der Waals surface area contributed by atoms with Crippen molar-refractivity contribution in [2.45, 2.75) is 45.6 Å². The molecule has 1 aliphatic heterocycles. The quantitative estimate of drug-likeness (QED) is 0.899. The lowest BCUT2D eigenvalue weighted by Gasteiger charge is -2.33. The zero-order chi connectivity index (χ0) is 13.2. The predicted molar refractivity (Wildman–Crippen MR) is 77.5 cm³/mol. The molecule has 1 unspecified atom stereocenters. The van der Waals surface area contributed by atoms with Crippen molar-refractivity contribution in [1.82, 2.24) is 15.3 Å². The van der Waals surface area contributed by atoms with E-state index in [0.717, 1.165) is 48.9 Å². The van der Waals surface area contributed by atoms with E-state index in [1.807, 2.05) is 19.9 Å². The van der Waals surface area contributed by atoms with Crippen molar-refractivity contribution in [3.8, 4) is 0 Å². The summed E-state index contributed by atoms with van der Waals surface area (Å²) in [7, 11) is 0. The van der Waals surface area contributed by atoms with Gasteiger partial charge < -0.3 is 10.2 Å². The molecule has 2 fully saturated rings. The van der Waals surface area contributed by atoms with Gasteiger partial charge in [0.05, 0.1) is 0 Å². The van der Waals surface area contributed by atoms with Gasteiger partial charge in [0.25, 0.3) is 0 Å². The molecule has 3 rings (SSSR count). The summed E-state index contributed by atoms with van der Waals surface area (Å²) in [5, 5.41) is 3.65. The van der Waals surface area contributed by atoms with Crippen LogP contribution in [0.1, 0.15) is 37.1 Å². The Bertz CT molecular complexity index is 422. The van der Waals surface area contributed by atoms with E-state index in [1.165, 1.54) is 25.7 Å². The summed E-state index contributed by atoms with van der Waals surface area (Å²) in [6.45, 7) is 7.46. The Balaban J connectivity index is 1.62. The van der Waals surface area contributed by atoms with Crippen LogP contribution in [0.25, 0.3) is 0 Å². The number of aryl methyl sites for hydroxylation is 2. The van der Waals surface area contributed by atoms with Crippen molar-refractivity contribution in [2.24, 2.45) is 5.92 Å². The van der Waals surface area contributed by atoms with Gasteiger partial charge in [-0.05, 0) is 58.1 Å². The van der Waals surface area contributed by atoms with Gasteiger partial charge in [-0.2, -0.15) is 0 Å². The van der Waals surface area contributed by atoms with Gasteiger partial charge in [-0.15, -0.1) is 0 Å². The normalized spacial score (nSPS) is 23.7. The molecule has 1 N–H and O–H groups in total. The largest absolute Gasteiger partial charge is 0.340 e. The zero-order valence-corrected chi connectivity index (χ0v) is 12.0. The maximum atomic E-state index is 4.59. The molecule has 0 radical (unpaired) electrons. The lowest BCUT2D eigenvalue weighted by Crippen LogP contribution is -2.41. The SMILES string of the molecule is Cc1cc(C)nc(N2CCCC(CNC3CC3)C2)n1. The summed E-state index contributed by atoms with van der Waals surface area (Å²) in [6.07, 6.45) is 5.33. The van der Waals surface area contributed by atoms with Gasteiger partial charge in [-0.1, -0.05) is 0 Å². The van der Waals surface area contributed by atoms with E-state index in [2.05, 4.69) is 20.2 Å². The molecule has 1 aliphatic carbocycles. The average Bonchev–Trinajstić information content (AvgIpc) is 3.20. The van der Waals surface area contributed by atoms with Crippen LogP contribution in [-0.2, 0) is 0 Å². The van der Waals surface area contributed by atoms with Gasteiger partial charge in [-0.25, -0.2) is 9.97 Å². The Kier molecular flexibility index (Phi) is 3.69. The molecule has 0 aromatic carbocycles. The minimum atomic E-state index is 0.749. The van der Waals surface area contributed by atoms with Gasteiger partial charge in [0.1, 0.15) is 0 Å². The molecule has 104 valence electrons. The number of hydrogen-bond acceptors (Lipinski definition) is 4. The first-order valence-corrected chi connectivity index (χ1v) is 7.51. The smallest absolute Gasteiger partial charge is 0.225 e. The molecule has 1 atom stereocenters. The Morgan fingerprint density at radius 3 is 2.63 bits per heavy atom. The molecule has 1 aromatic rings. The molecule has 2 heterocycles. The minimum absolute atomic E-state index is 0.749. The highest BCUT2D eigenvalue weighted by molar-refractivity contribution is 5.32. The highest BCUT2D eigenvalue weighted by Gasteiger charge is 2.25. The van der Waals surface area contributed by atoms with Crippen LogP contribution < -0.4 is 10.2 Å². The molecule has 4 heteroatoms. The summed E-state index contributed by atoms with van der Waals surface area (Å²) in [5.74, 6) is 1.67. The summed E-state index contributed by atoms with van der Waals surface area (Å²) in [4.78, 5) is 11.6. The number of anilines is 1. The van der Waals surface area contributed by atoms with E-state index in [-0.39, 0.29) is 0 Å². The summed E-state index contributed by atoms with van der Waals surface area (Å²) in [6, 6.07) is 2.85. The number of nitrogens with zero attached hydrogens (tertiary/aromatic N) is 3. The van der Waals surface area contributed by atoms with Gasteiger partial charge >= 0.3 is 0 Å². The average molecular weight is 260 g/mol. The molecule has 19 heavy (non-hydrogen) atoms. The van der Waals surface area contributed by atoms with E-state index in [9.17, 15) is 0 Å². The number of rotatable bonds is 4. The molecule has 0 amide bonds. The fourth-order valence-corrected chi connectivity index (χ4v) is 2.88. The monoisotopic (exact) mass is 260 g/mol. The lowest BCUT2D eigenvalue weighted by molar-refractivity contribution is 0.388. The highest BCUT2D eigenvalue weighted by atomic mass is 15.3. The van der Waals surface area contributed by atoms with Crippen molar-refractivity contribution < 1.29 is 0 Å². The fourth-order valence-electron chi connectivity index (χ4n) is 2.88. The third-order valence-electron chi connectivity index (χ3n) is 4.04. The Morgan fingerprint density at radius 2 is 1.95 bits per heavy atom. The number of piperidine rings is 1. The van der Waals surface area contributed by atoms with Crippen molar-refractivity contribution in [1.29, 1.82) is 0 Å². The van der Waals surface area contributed by atoms with Crippen molar-refractivity contribution in [3.63, 3.8) is 0 Å². The van der Waals surface area contributed by atoms with E-state index < -0.39 is 0 Å². The van der Waals surface area contributed by atoms with Crippen molar-refractivity contribution >= 4 is 5.95 Å². The molecule has 0 bridgehead atoms. The van der Waals surface area contributed by atoms with Crippen LogP contribution in [0.4, 0.5) is 5.95 Å². The van der Waals surface area contributed by atoms with E-state index in [1.54, 1.807) is 0 Å². The standard InChI is InChI=1S/C15H24N4/c1-11-8-12(2)18-15(17-11)19-7-3-4-13(10-19)9-16-14-5-6-14/h8,13-14,16H,3-7,9-10H2,1-2H3. The number of aromatic nitrogens is 2. The van der Waals surface area contributed by atoms with Crippen molar-refractivity contribution in [2.75, 3.05) is 24.5 Å². The lowest BCUT2D eigenvalue weighted by atomic mass is 9.98. The third-order valence-corrected chi connectivity index (χ3v) is 4.04. The molecule has 1 saturated heterocycles. The first-order valence-electron chi connectivity index (χ1n) is 7.51. The first-order chi connectivity index (χ1) is 9.20. The van der Waals surface area contributed by atoms with Crippen LogP contribution >= 0.6 is 0 Å². The van der Waals surface area contributed by atoms with E-state index in [4.69, 9.17) is 0 Å². The zero-order valence-electron chi connectivity index (χ0n) is 12.0. The minimum Gasteiger partial charge on any atom is -0.340 e. The molecule has 0 spiro atoms. The van der Waals surface area contributed by atoms with Crippen LogP contribution in [0.5, 0.6) is 0 Å². The summed E-state index contributed by atoms with van der Waals surface area (Å²) in [5.41, 5.74) is 2.14. The van der Waals surface area contributed by atoms with Gasteiger partial charge in [0.15, 0.2) is 0 Å². The molecule has 1 aromatic heterocycles. The van der Waals surface area contributed by atoms with Gasteiger partial charge in [0, 0.05) is 30.5 Å². The number of nitrogens with one attached hydrogen (secondary N) is 1. The maximum Gasteiger partial charge on any atom is 0.225 e. The van der Waals surface area contributed by atoms with Crippen LogP contribution in [0.15, 0.2) is 6.07 Å². The van der Waals surface area contributed by atoms with Crippen LogP contribution in [-0.4, -0.2) is 35.6 Å². The highest BCUT2D eigenvalue weighted by Crippen LogP contribution is 2.23. The third kappa shape index (κ3) is 3.44. The molecular formula is C15H24N4. The first kappa shape index (κ1) is 12.9. The van der Waals surface area contributed by atoms with E-state index in [0.29, 0.717) is 0 Å². The molecular weight excluding hydrogens is 236 g/mol. The molecule has 4 nitrogen and oxygen atoms in total. The topological polar surface area (TPSA) is 41.1 Å². The number of hydrogen-bond donors (Lipinski definition) is 1. The Labute approximate surface area is 115 Å². The summed E-state index contributed by atoms with van der Waals surface area (Å²) < 4.78 is 0. The Morgan fingerprint density at radius 1 is 1.21 bits per heavy atom. The molecule has 2 aliphatic rings. The second kappa shape index (κ2) is 5.45. The van der Waals surface area contributed by atoms with Gasteiger partial charge in [0.2, 0.25) is 5.95 Å². The predicted octanol–water partition coefficient (Wildman–Crippen LogP) is 2.06. The maximum absolute atomic E-state index is 4.59. The second-order valence-corrected chi connectivity index (χ2v) is 6.09. The second-order valence-electron chi connectivity index (χ2n) is 6.09. The van der Waals surface area contributed by atoms with Crippen LogP contribution in [0.2, 0.25) is 0 Å². The fraction of sp³-hybridized carbons (Fsp3) is 0.733. The summed E-state index contributed by atoms with van der Waals surface area (Å²) >= 11 is 0.